The first-order chi connectivity index (χ1) is 14.5. The Bertz CT molecular complexity index is 715. The van der Waals surface area contributed by atoms with Gasteiger partial charge < -0.3 is 15.0 Å². The van der Waals surface area contributed by atoms with Crippen LogP contribution < -0.4 is 10.6 Å². The summed E-state index contributed by atoms with van der Waals surface area (Å²) in [6, 6.07) is 8.57. The highest BCUT2D eigenvalue weighted by Crippen LogP contribution is 2.08. The second-order valence-corrected chi connectivity index (χ2v) is 7.64. The van der Waals surface area contributed by atoms with Crippen molar-refractivity contribution in [3.63, 3.8) is 0 Å². The molecular weight excluding hydrogens is 386 g/mol. The van der Waals surface area contributed by atoms with Crippen LogP contribution in [-0.2, 0) is 20.9 Å². The lowest BCUT2D eigenvalue weighted by Crippen LogP contribution is -2.57. The van der Waals surface area contributed by atoms with E-state index in [0.29, 0.717) is 52.5 Å². The smallest absolute Gasteiger partial charge is 0.321 e. The Morgan fingerprint density at radius 1 is 1.00 bits per heavy atom. The van der Waals surface area contributed by atoms with Gasteiger partial charge in [0.05, 0.1) is 25.8 Å². The SMILES string of the molecule is CC(C(=O)NC(=O)NCc1ccccc1)N1CCN(C(=O)CN2CCOCC2)CC1. The molecule has 9 nitrogen and oxygen atoms in total. The molecule has 0 aromatic heterocycles. The van der Waals surface area contributed by atoms with Crippen molar-refractivity contribution in [2.75, 3.05) is 59.0 Å². The summed E-state index contributed by atoms with van der Waals surface area (Å²) in [6.07, 6.45) is 0. The molecule has 0 aliphatic carbocycles. The highest BCUT2D eigenvalue weighted by Gasteiger charge is 2.29. The van der Waals surface area contributed by atoms with Crippen LogP contribution in [0.25, 0.3) is 0 Å². The maximum absolute atomic E-state index is 12.5. The molecule has 2 N–H and O–H groups in total. The molecule has 0 bridgehead atoms. The van der Waals surface area contributed by atoms with Crippen LogP contribution in [0.2, 0.25) is 0 Å². The number of benzene rings is 1. The Morgan fingerprint density at radius 2 is 1.67 bits per heavy atom. The number of carbonyl (C=O) groups excluding carboxylic acids is 3. The monoisotopic (exact) mass is 417 g/mol. The Morgan fingerprint density at radius 3 is 2.33 bits per heavy atom. The van der Waals surface area contributed by atoms with Crippen LogP contribution in [0.4, 0.5) is 4.79 Å². The van der Waals surface area contributed by atoms with Gasteiger partial charge in [-0.2, -0.15) is 0 Å². The van der Waals surface area contributed by atoms with Crippen molar-refractivity contribution >= 4 is 17.8 Å². The summed E-state index contributed by atoms with van der Waals surface area (Å²) >= 11 is 0. The van der Waals surface area contributed by atoms with Crippen LogP contribution in [-0.4, -0.2) is 97.6 Å². The minimum Gasteiger partial charge on any atom is -0.379 e. The van der Waals surface area contributed by atoms with Crippen LogP contribution >= 0.6 is 0 Å². The van der Waals surface area contributed by atoms with Crippen molar-refractivity contribution in [3.05, 3.63) is 35.9 Å². The number of nitrogens with zero attached hydrogens (tertiary/aromatic N) is 3. The zero-order chi connectivity index (χ0) is 21.3. The molecule has 0 radical (unpaired) electrons. The first kappa shape index (κ1) is 22.2. The maximum atomic E-state index is 12.5. The average molecular weight is 418 g/mol. The van der Waals surface area contributed by atoms with E-state index in [2.05, 4.69) is 15.5 Å². The summed E-state index contributed by atoms with van der Waals surface area (Å²) in [4.78, 5) is 42.9. The number of urea groups is 1. The van der Waals surface area contributed by atoms with Crippen molar-refractivity contribution in [3.8, 4) is 0 Å². The van der Waals surface area contributed by atoms with Gasteiger partial charge in [-0.15, -0.1) is 0 Å². The highest BCUT2D eigenvalue weighted by atomic mass is 16.5. The lowest BCUT2D eigenvalue weighted by Gasteiger charge is -2.38. The quantitative estimate of drug-likeness (QED) is 0.670. The predicted molar refractivity (Wildman–Crippen MR) is 112 cm³/mol. The average Bonchev–Trinajstić information content (AvgIpc) is 2.78. The first-order valence-electron chi connectivity index (χ1n) is 10.5. The van der Waals surface area contributed by atoms with Crippen molar-refractivity contribution in [2.24, 2.45) is 0 Å². The van der Waals surface area contributed by atoms with E-state index in [9.17, 15) is 14.4 Å². The van der Waals surface area contributed by atoms with Crippen molar-refractivity contribution in [1.29, 1.82) is 0 Å². The van der Waals surface area contributed by atoms with Gasteiger partial charge in [0.25, 0.3) is 0 Å². The number of nitrogens with one attached hydrogen (secondary N) is 2. The fourth-order valence-electron chi connectivity index (χ4n) is 3.61. The zero-order valence-electron chi connectivity index (χ0n) is 17.5. The maximum Gasteiger partial charge on any atom is 0.321 e. The molecule has 1 atom stereocenters. The summed E-state index contributed by atoms with van der Waals surface area (Å²) in [5.74, 6) is -0.220. The number of amides is 4. The molecule has 2 aliphatic heterocycles. The summed E-state index contributed by atoms with van der Waals surface area (Å²) in [6.45, 7) is 7.86. The van der Waals surface area contributed by atoms with Crippen LogP contribution in [0.3, 0.4) is 0 Å². The van der Waals surface area contributed by atoms with Gasteiger partial charge in [0.15, 0.2) is 0 Å². The summed E-state index contributed by atoms with van der Waals surface area (Å²) in [5, 5.41) is 5.10. The highest BCUT2D eigenvalue weighted by molar-refractivity contribution is 5.96. The largest absolute Gasteiger partial charge is 0.379 e. The van der Waals surface area contributed by atoms with E-state index in [-0.39, 0.29) is 11.8 Å². The molecule has 2 aliphatic rings. The Labute approximate surface area is 177 Å². The molecule has 3 rings (SSSR count). The molecule has 0 saturated carbocycles. The van der Waals surface area contributed by atoms with E-state index < -0.39 is 12.1 Å². The first-order valence-corrected chi connectivity index (χ1v) is 10.5. The molecule has 1 unspecified atom stereocenters. The molecule has 1 aromatic rings. The number of rotatable bonds is 6. The number of ether oxygens (including phenoxy) is 1. The van der Waals surface area contributed by atoms with Crippen LogP contribution in [0.1, 0.15) is 12.5 Å². The topological polar surface area (TPSA) is 94.2 Å². The molecule has 4 amide bonds. The van der Waals surface area contributed by atoms with Gasteiger partial charge in [-0.3, -0.25) is 24.7 Å². The van der Waals surface area contributed by atoms with E-state index in [1.165, 1.54) is 0 Å². The van der Waals surface area contributed by atoms with Gasteiger partial charge >= 0.3 is 6.03 Å². The Hall–Kier alpha value is -2.49. The standard InChI is InChI=1S/C21H31N5O4/c1-17(20(28)23-21(29)22-15-18-5-3-2-4-6-18)25-7-9-26(10-8-25)19(27)16-24-11-13-30-14-12-24/h2-6,17H,7-16H2,1H3,(H2,22,23,28,29). The Kier molecular flexibility index (Phi) is 8.18. The molecule has 2 fully saturated rings. The third-order valence-electron chi connectivity index (χ3n) is 5.59. The fourth-order valence-corrected chi connectivity index (χ4v) is 3.61. The molecule has 1 aromatic carbocycles. The van der Waals surface area contributed by atoms with E-state index in [1.807, 2.05) is 40.1 Å². The van der Waals surface area contributed by atoms with Gasteiger partial charge in [-0.05, 0) is 12.5 Å². The van der Waals surface area contributed by atoms with Gasteiger partial charge in [-0.1, -0.05) is 30.3 Å². The third kappa shape index (κ3) is 6.51. The molecule has 2 saturated heterocycles. The number of imide groups is 1. The number of morpholine rings is 1. The normalized spacial score (nSPS) is 19.2. The molecule has 2 heterocycles. The van der Waals surface area contributed by atoms with Gasteiger partial charge in [0.2, 0.25) is 11.8 Å². The van der Waals surface area contributed by atoms with Crippen LogP contribution in [0, 0.1) is 0 Å². The predicted octanol–water partition coefficient (Wildman–Crippen LogP) is -0.123. The lowest BCUT2D eigenvalue weighted by molar-refractivity contribution is -0.136. The fraction of sp³-hybridized carbons (Fsp3) is 0.571. The number of hydrogen-bond donors (Lipinski definition) is 2. The third-order valence-corrected chi connectivity index (χ3v) is 5.59. The molecule has 30 heavy (non-hydrogen) atoms. The summed E-state index contributed by atoms with van der Waals surface area (Å²) in [7, 11) is 0. The number of carbonyl (C=O) groups is 3. The minimum atomic E-state index is -0.505. The molecular formula is C21H31N5O4. The van der Waals surface area contributed by atoms with Gasteiger partial charge in [-0.25, -0.2) is 4.79 Å². The second-order valence-electron chi connectivity index (χ2n) is 7.64. The number of piperazine rings is 1. The van der Waals surface area contributed by atoms with Crippen molar-refractivity contribution in [1.82, 2.24) is 25.3 Å². The lowest BCUT2D eigenvalue weighted by atomic mass is 10.2. The zero-order valence-corrected chi connectivity index (χ0v) is 17.5. The van der Waals surface area contributed by atoms with E-state index in [0.717, 1.165) is 18.7 Å². The van der Waals surface area contributed by atoms with E-state index in [4.69, 9.17) is 4.74 Å². The second kappa shape index (κ2) is 11.1. The van der Waals surface area contributed by atoms with Crippen LogP contribution in [0.5, 0.6) is 0 Å². The Balaban J connectivity index is 1.37. The van der Waals surface area contributed by atoms with Gasteiger partial charge in [0.1, 0.15) is 0 Å². The van der Waals surface area contributed by atoms with E-state index in [1.54, 1.807) is 6.92 Å². The molecule has 0 spiro atoms. The van der Waals surface area contributed by atoms with E-state index >= 15 is 0 Å². The van der Waals surface area contributed by atoms with Crippen LogP contribution in [0.15, 0.2) is 30.3 Å². The van der Waals surface area contributed by atoms with Gasteiger partial charge in [0, 0.05) is 45.8 Å². The van der Waals surface area contributed by atoms with Crippen molar-refractivity contribution < 1.29 is 19.1 Å². The molecule has 164 valence electrons. The summed E-state index contributed by atoms with van der Waals surface area (Å²) < 4.78 is 5.32. The molecule has 9 heteroatoms. The number of hydrogen-bond acceptors (Lipinski definition) is 6. The van der Waals surface area contributed by atoms with Crippen molar-refractivity contribution in [2.45, 2.75) is 19.5 Å². The summed E-state index contributed by atoms with van der Waals surface area (Å²) in [5.41, 5.74) is 0.964. The minimum absolute atomic E-state index is 0.119.